The van der Waals surface area contributed by atoms with Gasteiger partial charge in [0.05, 0.1) is 17.4 Å². The van der Waals surface area contributed by atoms with Gasteiger partial charge in [-0.25, -0.2) is 4.98 Å². The van der Waals surface area contributed by atoms with Crippen LogP contribution in [-0.4, -0.2) is 54.0 Å². The zero-order valence-electron chi connectivity index (χ0n) is 14.1. The van der Waals surface area contributed by atoms with Crippen molar-refractivity contribution in [1.29, 1.82) is 0 Å². The minimum atomic E-state index is -4.53. The number of aromatic nitrogens is 2. The van der Waals surface area contributed by atoms with Crippen LogP contribution in [0.2, 0.25) is 0 Å². The average molecular weight is 365 g/mol. The summed E-state index contributed by atoms with van der Waals surface area (Å²) >= 11 is 0. The Bertz CT molecular complexity index is 753. The Labute approximate surface area is 148 Å². The third-order valence-corrected chi connectivity index (χ3v) is 4.15. The number of nitrogens with zero attached hydrogens (tertiary/aromatic N) is 4. The lowest BCUT2D eigenvalue weighted by molar-refractivity contribution is -0.141. The zero-order valence-corrected chi connectivity index (χ0v) is 14.1. The number of alkyl halides is 3. The van der Waals surface area contributed by atoms with E-state index in [-0.39, 0.29) is 5.56 Å². The minimum absolute atomic E-state index is 0.0427. The van der Waals surface area contributed by atoms with Crippen molar-refractivity contribution in [3.05, 3.63) is 47.9 Å². The summed E-state index contributed by atoms with van der Waals surface area (Å²) in [6.07, 6.45) is -2.09. The van der Waals surface area contributed by atoms with E-state index >= 15 is 0 Å². The molecule has 1 amide bonds. The monoisotopic (exact) mass is 365 g/mol. The van der Waals surface area contributed by atoms with Gasteiger partial charge in [-0.05, 0) is 31.3 Å². The normalized spacial score (nSPS) is 15.8. The first-order valence-corrected chi connectivity index (χ1v) is 8.07. The lowest BCUT2D eigenvalue weighted by atomic mass is 10.2. The molecule has 6 nitrogen and oxygen atoms in total. The van der Waals surface area contributed by atoms with E-state index in [1.807, 2.05) is 6.07 Å². The van der Waals surface area contributed by atoms with Gasteiger partial charge in [0.15, 0.2) is 0 Å². The Kier molecular flexibility index (Phi) is 5.08. The van der Waals surface area contributed by atoms with Crippen LogP contribution in [0, 0.1) is 0 Å². The highest BCUT2D eigenvalue weighted by Gasteiger charge is 2.32. The third-order valence-electron chi connectivity index (χ3n) is 4.15. The first-order valence-electron chi connectivity index (χ1n) is 8.07. The van der Waals surface area contributed by atoms with Gasteiger partial charge in [-0.3, -0.25) is 9.78 Å². The van der Waals surface area contributed by atoms with Crippen molar-refractivity contribution in [2.75, 3.05) is 43.4 Å². The lowest BCUT2D eigenvalue weighted by Gasteiger charge is -2.33. The van der Waals surface area contributed by atoms with Gasteiger partial charge in [0, 0.05) is 32.4 Å². The number of hydrogen-bond donors (Lipinski definition) is 1. The minimum Gasteiger partial charge on any atom is -0.354 e. The first-order chi connectivity index (χ1) is 12.3. The first kappa shape index (κ1) is 18.1. The summed E-state index contributed by atoms with van der Waals surface area (Å²) in [4.78, 5) is 24.1. The van der Waals surface area contributed by atoms with Crippen LogP contribution in [0.5, 0.6) is 0 Å². The molecule has 0 bridgehead atoms. The van der Waals surface area contributed by atoms with E-state index in [1.54, 1.807) is 6.07 Å². The fourth-order valence-electron chi connectivity index (χ4n) is 2.58. The quantitative estimate of drug-likeness (QED) is 0.906. The van der Waals surface area contributed by atoms with E-state index in [0.717, 1.165) is 50.3 Å². The molecule has 1 fully saturated rings. The molecule has 2 aromatic rings. The Morgan fingerprint density at radius 1 is 1.04 bits per heavy atom. The van der Waals surface area contributed by atoms with Crippen molar-refractivity contribution < 1.29 is 18.0 Å². The summed E-state index contributed by atoms with van der Waals surface area (Å²) in [5, 5.41) is 2.60. The predicted molar refractivity (Wildman–Crippen MR) is 91.1 cm³/mol. The van der Waals surface area contributed by atoms with E-state index < -0.39 is 17.8 Å². The molecule has 1 aliphatic rings. The zero-order chi connectivity index (χ0) is 18.7. The summed E-state index contributed by atoms with van der Waals surface area (Å²) in [6.45, 7) is 3.68. The maximum absolute atomic E-state index is 12.5. The van der Waals surface area contributed by atoms with Gasteiger partial charge < -0.3 is 15.1 Å². The van der Waals surface area contributed by atoms with Crippen molar-refractivity contribution in [3.63, 3.8) is 0 Å². The highest BCUT2D eigenvalue weighted by Crippen LogP contribution is 2.27. The number of carbonyl (C=O) groups excluding carboxylic acids is 1. The SMILES string of the molecule is CN1CCN(c2ccc(NC(=O)c3ccc(C(F)(F)F)nc3)cn2)CC1. The van der Waals surface area contributed by atoms with E-state index in [9.17, 15) is 18.0 Å². The van der Waals surface area contributed by atoms with E-state index in [1.165, 1.54) is 6.20 Å². The van der Waals surface area contributed by atoms with Gasteiger partial charge >= 0.3 is 6.18 Å². The van der Waals surface area contributed by atoms with Crippen LogP contribution in [-0.2, 0) is 6.18 Å². The largest absolute Gasteiger partial charge is 0.433 e. The molecule has 0 unspecified atom stereocenters. The Morgan fingerprint density at radius 2 is 1.77 bits per heavy atom. The van der Waals surface area contributed by atoms with Crippen LogP contribution in [0.25, 0.3) is 0 Å². The fraction of sp³-hybridized carbons (Fsp3) is 0.353. The van der Waals surface area contributed by atoms with Crippen LogP contribution in [0.4, 0.5) is 24.7 Å². The van der Waals surface area contributed by atoms with Crippen molar-refractivity contribution in [1.82, 2.24) is 14.9 Å². The Hall–Kier alpha value is -2.68. The van der Waals surface area contributed by atoms with Crippen LogP contribution < -0.4 is 10.2 Å². The van der Waals surface area contributed by atoms with Gasteiger partial charge in [0.1, 0.15) is 11.5 Å². The maximum Gasteiger partial charge on any atom is 0.433 e. The number of hydrogen-bond acceptors (Lipinski definition) is 5. The number of halogens is 3. The number of rotatable bonds is 3. The maximum atomic E-state index is 12.5. The van der Waals surface area contributed by atoms with Crippen LogP contribution in [0.3, 0.4) is 0 Å². The Balaban J connectivity index is 1.62. The smallest absolute Gasteiger partial charge is 0.354 e. The highest BCUT2D eigenvalue weighted by molar-refractivity contribution is 6.04. The molecule has 26 heavy (non-hydrogen) atoms. The number of carbonyl (C=O) groups is 1. The van der Waals surface area contributed by atoms with Gasteiger partial charge in [0.25, 0.3) is 5.91 Å². The molecule has 0 aliphatic carbocycles. The van der Waals surface area contributed by atoms with Crippen LogP contribution in [0.15, 0.2) is 36.7 Å². The summed E-state index contributed by atoms with van der Waals surface area (Å²) in [5.74, 6) is 0.285. The van der Waals surface area contributed by atoms with Gasteiger partial charge in [-0.15, -0.1) is 0 Å². The van der Waals surface area contributed by atoms with Gasteiger partial charge in [-0.1, -0.05) is 0 Å². The molecule has 0 saturated carbocycles. The molecule has 138 valence electrons. The summed E-state index contributed by atoms with van der Waals surface area (Å²) < 4.78 is 37.5. The van der Waals surface area contributed by atoms with Crippen molar-refractivity contribution in [2.24, 2.45) is 0 Å². The number of piperazine rings is 1. The third kappa shape index (κ3) is 4.29. The number of amides is 1. The topological polar surface area (TPSA) is 61.4 Å². The molecular weight excluding hydrogens is 347 g/mol. The summed E-state index contributed by atoms with van der Waals surface area (Å²) in [7, 11) is 2.07. The molecule has 3 heterocycles. The van der Waals surface area contributed by atoms with E-state index in [4.69, 9.17) is 0 Å². The molecule has 1 aliphatic heterocycles. The molecule has 9 heteroatoms. The van der Waals surface area contributed by atoms with Crippen LogP contribution in [0.1, 0.15) is 16.1 Å². The van der Waals surface area contributed by atoms with Crippen molar-refractivity contribution in [3.8, 4) is 0 Å². The molecule has 3 rings (SSSR count). The van der Waals surface area contributed by atoms with E-state index in [0.29, 0.717) is 5.69 Å². The highest BCUT2D eigenvalue weighted by atomic mass is 19.4. The standard InChI is InChI=1S/C17H18F3N5O/c1-24-6-8-25(9-7-24)15-5-3-13(11-22-15)23-16(26)12-2-4-14(21-10-12)17(18,19)20/h2-5,10-11H,6-9H2,1H3,(H,23,26). The van der Waals surface area contributed by atoms with E-state index in [2.05, 4.69) is 32.1 Å². The lowest BCUT2D eigenvalue weighted by Crippen LogP contribution is -2.44. The second-order valence-corrected chi connectivity index (χ2v) is 6.08. The second-order valence-electron chi connectivity index (χ2n) is 6.08. The molecule has 0 aromatic carbocycles. The Morgan fingerprint density at radius 3 is 2.31 bits per heavy atom. The molecule has 1 saturated heterocycles. The average Bonchev–Trinajstić information content (AvgIpc) is 2.62. The number of anilines is 2. The predicted octanol–water partition coefficient (Wildman–Crippen LogP) is 2.50. The van der Waals surface area contributed by atoms with Gasteiger partial charge in [-0.2, -0.15) is 13.2 Å². The molecular formula is C17H18F3N5O. The molecule has 1 N–H and O–H groups in total. The molecule has 0 radical (unpaired) electrons. The fourth-order valence-corrected chi connectivity index (χ4v) is 2.58. The second kappa shape index (κ2) is 7.28. The number of nitrogens with one attached hydrogen (secondary N) is 1. The van der Waals surface area contributed by atoms with Crippen molar-refractivity contribution >= 4 is 17.4 Å². The number of pyridine rings is 2. The summed E-state index contributed by atoms with van der Waals surface area (Å²) in [6, 6.07) is 5.41. The molecule has 0 spiro atoms. The van der Waals surface area contributed by atoms with Crippen molar-refractivity contribution in [2.45, 2.75) is 6.18 Å². The summed E-state index contributed by atoms with van der Waals surface area (Å²) in [5.41, 5.74) is -0.527. The molecule has 0 atom stereocenters. The van der Waals surface area contributed by atoms with Crippen LogP contribution >= 0.6 is 0 Å². The van der Waals surface area contributed by atoms with Gasteiger partial charge in [0.2, 0.25) is 0 Å². The molecule has 2 aromatic heterocycles. The number of likely N-dealkylation sites (N-methyl/N-ethyl adjacent to an activating group) is 1.